The Kier molecular flexibility index (Phi) is 8.38. The Morgan fingerprint density at radius 2 is 1.52 bits per heavy atom. The van der Waals surface area contributed by atoms with Gasteiger partial charge in [-0.05, 0) is 49.9 Å². The lowest BCUT2D eigenvalue weighted by molar-refractivity contribution is 0.0318. The molecule has 0 heterocycles. The summed E-state index contributed by atoms with van der Waals surface area (Å²) in [4.78, 5) is 23.9. The number of rotatable bonds is 9. The normalized spacial score (nSPS) is 12.0. The Balaban J connectivity index is 2.51. The average molecular weight is 320 g/mol. The van der Waals surface area contributed by atoms with Gasteiger partial charge < -0.3 is 9.47 Å². The number of ether oxygens (including phenoxy) is 2. The van der Waals surface area contributed by atoms with Crippen LogP contribution in [0.5, 0.6) is 0 Å². The summed E-state index contributed by atoms with van der Waals surface area (Å²) in [7, 11) is 0. The van der Waals surface area contributed by atoms with Crippen LogP contribution in [0.1, 0.15) is 74.1 Å². The van der Waals surface area contributed by atoms with E-state index in [1.165, 1.54) is 0 Å². The number of carbonyl (C=O) groups excluding carboxylic acids is 2. The molecule has 0 saturated carbocycles. The van der Waals surface area contributed by atoms with Crippen LogP contribution in [0.4, 0.5) is 0 Å². The van der Waals surface area contributed by atoms with Gasteiger partial charge in [-0.1, -0.05) is 33.6 Å². The molecule has 0 bridgehead atoms. The maximum atomic E-state index is 12.0. The molecule has 4 heteroatoms. The molecule has 1 aromatic rings. The summed E-state index contributed by atoms with van der Waals surface area (Å²) in [5.41, 5.74) is 0.894. The molecule has 0 radical (unpaired) electrons. The summed E-state index contributed by atoms with van der Waals surface area (Å²) < 4.78 is 10.6. The van der Waals surface area contributed by atoms with Gasteiger partial charge in [-0.15, -0.1) is 0 Å². The van der Waals surface area contributed by atoms with Gasteiger partial charge in [0.1, 0.15) is 0 Å². The van der Waals surface area contributed by atoms with Crippen LogP contribution in [0.15, 0.2) is 24.3 Å². The monoisotopic (exact) mass is 320 g/mol. The highest BCUT2D eigenvalue weighted by atomic mass is 16.5. The zero-order valence-electron chi connectivity index (χ0n) is 14.6. The van der Waals surface area contributed by atoms with Gasteiger partial charge >= 0.3 is 11.9 Å². The lowest BCUT2D eigenvalue weighted by Gasteiger charge is -2.13. The van der Waals surface area contributed by atoms with E-state index in [9.17, 15) is 9.59 Å². The second-order valence-corrected chi connectivity index (χ2v) is 6.28. The molecule has 0 amide bonds. The molecule has 0 saturated heterocycles. The third-order valence-corrected chi connectivity index (χ3v) is 3.43. The summed E-state index contributed by atoms with van der Waals surface area (Å²) >= 11 is 0. The number of benzene rings is 1. The minimum absolute atomic E-state index is 0.0928. The Hall–Kier alpha value is -1.84. The molecule has 1 rings (SSSR count). The first-order valence-corrected chi connectivity index (χ1v) is 8.42. The van der Waals surface area contributed by atoms with Gasteiger partial charge in [0.25, 0.3) is 0 Å². The molecule has 0 aromatic heterocycles. The van der Waals surface area contributed by atoms with E-state index < -0.39 is 0 Å². The van der Waals surface area contributed by atoms with Crippen molar-refractivity contribution >= 4 is 11.9 Å². The van der Waals surface area contributed by atoms with E-state index in [4.69, 9.17) is 9.47 Å². The maximum Gasteiger partial charge on any atom is 0.338 e. The van der Waals surface area contributed by atoms with Crippen LogP contribution >= 0.6 is 0 Å². The van der Waals surface area contributed by atoms with Crippen molar-refractivity contribution in [1.82, 2.24) is 0 Å². The Morgan fingerprint density at radius 3 is 2.04 bits per heavy atom. The van der Waals surface area contributed by atoms with E-state index in [-0.39, 0.29) is 18.0 Å². The molecule has 0 aliphatic carbocycles. The van der Waals surface area contributed by atoms with Crippen LogP contribution in [0.2, 0.25) is 0 Å². The van der Waals surface area contributed by atoms with Crippen LogP contribution in [0, 0.1) is 5.92 Å². The van der Waals surface area contributed by atoms with Crippen LogP contribution in [0.25, 0.3) is 0 Å². The molecule has 0 fully saturated rings. The van der Waals surface area contributed by atoms with Gasteiger partial charge in [0.2, 0.25) is 0 Å². The van der Waals surface area contributed by atoms with Crippen molar-refractivity contribution in [3.05, 3.63) is 35.4 Å². The molecule has 0 aliphatic heterocycles. The fourth-order valence-corrected chi connectivity index (χ4v) is 2.06. The van der Waals surface area contributed by atoms with Crippen molar-refractivity contribution < 1.29 is 19.1 Å². The first-order chi connectivity index (χ1) is 10.9. The van der Waals surface area contributed by atoms with E-state index in [1.54, 1.807) is 24.3 Å². The molecular formula is C19H28O4. The molecule has 0 spiro atoms. The SMILES string of the molecule is CCCCCC(C)OC(=O)c1ccc(C(=O)OCC(C)C)cc1. The molecule has 1 atom stereocenters. The Labute approximate surface area is 139 Å². The third-order valence-electron chi connectivity index (χ3n) is 3.43. The Morgan fingerprint density at radius 1 is 0.957 bits per heavy atom. The number of carbonyl (C=O) groups is 2. The summed E-state index contributed by atoms with van der Waals surface area (Å²) in [5.74, 6) is -0.426. The first-order valence-electron chi connectivity index (χ1n) is 8.42. The van der Waals surface area contributed by atoms with E-state index in [2.05, 4.69) is 6.92 Å². The van der Waals surface area contributed by atoms with E-state index in [0.29, 0.717) is 23.7 Å². The minimum atomic E-state index is -0.369. The highest BCUT2D eigenvalue weighted by Gasteiger charge is 2.14. The van der Waals surface area contributed by atoms with Gasteiger partial charge in [0.05, 0.1) is 23.8 Å². The van der Waals surface area contributed by atoms with Crippen molar-refractivity contribution in [3.63, 3.8) is 0 Å². The standard InChI is InChI=1S/C19H28O4/c1-5-6-7-8-15(4)23-19(21)17-11-9-16(10-12-17)18(20)22-13-14(2)3/h9-12,14-15H,5-8,13H2,1-4H3. The van der Waals surface area contributed by atoms with Gasteiger partial charge in [0, 0.05) is 0 Å². The van der Waals surface area contributed by atoms with Gasteiger partial charge in [-0.2, -0.15) is 0 Å². The maximum absolute atomic E-state index is 12.0. The summed E-state index contributed by atoms with van der Waals surface area (Å²) in [6.07, 6.45) is 4.14. The topological polar surface area (TPSA) is 52.6 Å². The summed E-state index contributed by atoms with van der Waals surface area (Å²) in [6, 6.07) is 6.40. The molecule has 1 aromatic carbocycles. The molecule has 23 heavy (non-hydrogen) atoms. The molecule has 0 aliphatic rings. The fourth-order valence-electron chi connectivity index (χ4n) is 2.06. The van der Waals surface area contributed by atoms with Crippen molar-refractivity contribution in [1.29, 1.82) is 0 Å². The largest absolute Gasteiger partial charge is 0.462 e. The highest BCUT2D eigenvalue weighted by molar-refractivity contribution is 5.93. The quantitative estimate of drug-likeness (QED) is 0.492. The lowest BCUT2D eigenvalue weighted by atomic mass is 10.1. The number of unbranched alkanes of at least 4 members (excludes halogenated alkanes) is 2. The smallest absolute Gasteiger partial charge is 0.338 e. The lowest BCUT2D eigenvalue weighted by Crippen LogP contribution is -2.15. The fraction of sp³-hybridized carbons (Fsp3) is 0.579. The second-order valence-electron chi connectivity index (χ2n) is 6.28. The van der Waals surface area contributed by atoms with Crippen molar-refractivity contribution in [2.75, 3.05) is 6.61 Å². The molecular weight excluding hydrogens is 292 g/mol. The molecule has 0 N–H and O–H groups in total. The Bertz CT molecular complexity index is 491. The van der Waals surface area contributed by atoms with E-state index in [0.717, 1.165) is 25.7 Å². The van der Waals surface area contributed by atoms with Crippen LogP contribution in [0.3, 0.4) is 0 Å². The number of hydrogen-bond acceptors (Lipinski definition) is 4. The molecule has 128 valence electrons. The van der Waals surface area contributed by atoms with Crippen LogP contribution in [-0.2, 0) is 9.47 Å². The summed E-state index contributed by atoms with van der Waals surface area (Å²) in [5, 5.41) is 0. The zero-order valence-corrected chi connectivity index (χ0v) is 14.6. The first kappa shape index (κ1) is 19.2. The summed E-state index contributed by atoms with van der Waals surface area (Å²) in [6.45, 7) is 8.40. The predicted octanol–water partition coefficient (Wildman–Crippen LogP) is 4.63. The van der Waals surface area contributed by atoms with Crippen LogP contribution in [-0.4, -0.2) is 24.6 Å². The third kappa shape index (κ3) is 7.31. The van der Waals surface area contributed by atoms with Crippen molar-refractivity contribution in [2.24, 2.45) is 5.92 Å². The number of hydrogen-bond donors (Lipinski definition) is 0. The highest BCUT2D eigenvalue weighted by Crippen LogP contribution is 2.12. The number of esters is 2. The minimum Gasteiger partial charge on any atom is -0.462 e. The van der Waals surface area contributed by atoms with Crippen molar-refractivity contribution in [3.8, 4) is 0 Å². The second kappa shape index (κ2) is 10.0. The molecule has 1 unspecified atom stereocenters. The van der Waals surface area contributed by atoms with Gasteiger partial charge in [-0.3, -0.25) is 0 Å². The van der Waals surface area contributed by atoms with Gasteiger partial charge in [0.15, 0.2) is 0 Å². The molecule has 4 nitrogen and oxygen atoms in total. The van der Waals surface area contributed by atoms with E-state index >= 15 is 0 Å². The van der Waals surface area contributed by atoms with Gasteiger partial charge in [-0.25, -0.2) is 9.59 Å². The van der Waals surface area contributed by atoms with E-state index in [1.807, 2.05) is 20.8 Å². The average Bonchev–Trinajstić information content (AvgIpc) is 2.53. The van der Waals surface area contributed by atoms with Crippen LogP contribution < -0.4 is 0 Å². The van der Waals surface area contributed by atoms with Crippen molar-refractivity contribution in [2.45, 2.75) is 59.5 Å². The zero-order chi connectivity index (χ0) is 17.2. The predicted molar refractivity (Wildman–Crippen MR) is 90.6 cm³/mol.